The first-order chi connectivity index (χ1) is 9.36. The van der Waals surface area contributed by atoms with E-state index in [4.69, 9.17) is 0 Å². The molecule has 0 atom stereocenters. The number of benzene rings is 1. The molecule has 0 aliphatic carbocycles. The zero-order valence-corrected chi connectivity index (χ0v) is 10.7. The summed E-state index contributed by atoms with van der Waals surface area (Å²) >= 11 is 0. The molecule has 0 spiro atoms. The summed E-state index contributed by atoms with van der Waals surface area (Å²) in [7, 11) is 0. The summed E-state index contributed by atoms with van der Waals surface area (Å²) in [5.74, 6) is 0.659. The number of nitrogens with zero attached hydrogens (tertiary/aromatic N) is 3. The monoisotopic (exact) mass is 250 g/mol. The molecular weight excluding hydrogens is 236 g/mol. The van der Waals surface area contributed by atoms with Crippen molar-refractivity contribution >= 4 is 16.9 Å². The van der Waals surface area contributed by atoms with Gasteiger partial charge in [-0.3, -0.25) is 4.98 Å². The highest BCUT2D eigenvalue weighted by Crippen LogP contribution is 2.22. The Labute approximate surface area is 111 Å². The summed E-state index contributed by atoms with van der Waals surface area (Å²) in [6, 6.07) is 12.1. The molecule has 0 amide bonds. The molecule has 0 aliphatic rings. The van der Waals surface area contributed by atoms with Crippen LogP contribution in [0.3, 0.4) is 0 Å². The largest absolute Gasteiger partial charge is 0.354 e. The van der Waals surface area contributed by atoms with Crippen molar-refractivity contribution in [3.05, 3.63) is 48.8 Å². The molecule has 3 rings (SSSR count). The second-order valence-corrected chi connectivity index (χ2v) is 4.21. The zero-order valence-electron chi connectivity index (χ0n) is 10.7. The number of nitrogens with one attached hydrogen (secondary N) is 1. The number of pyridine rings is 1. The van der Waals surface area contributed by atoms with E-state index >= 15 is 0 Å². The van der Waals surface area contributed by atoms with Crippen LogP contribution in [0, 0.1) is 0 Å². The van der Waals surface area contributed by atoms with Crippen LogP contribution in [-0.4, -0.2) is 21.5 Å². The van der Waals surface area contributed by atoms with Gasteiger partial charge in [-0.15, -0.1) is 0 Å². The van der Waals surface area contributed by atoms with Crippen molar-refractivity contribution < 1.29 is 0 Å². The van der Waals surface area contributed by atoms with Crippen molar-refractivity contribution in [3.8, 4) is 11.3 Å². The predicted octanol–water partition coefficient (Wildman–Crippen LogP) is 3.12. The van der Waals surface area contributed by atoms with Crippen molar-refractivity contribution in [2.75, 3.05) is 11.9 Å². The Hall–Kier alpha value is -2.49. The molecule has 19 heavy (non-hydrogen) atoms. The fourth-order valence-corrected chi connectivity index (χ4v) is 2.00. The lowest BCUT2D eigenvalue weighted by molar-refractivity contribution is 1.09. The maximum Gasteiger partial charge on any atom is 0.223 e. The summed E-state index contributed by atoms with van der Waals surface area (Å²) in [5, 5.41) is 4.23. The number of rotatable bonds is 3. The average Bonchev–Trinajstić information content (AvgIpc) is 2.47. The highest BCUT2D eigenvalue weighted by Gasteiger charge is 2.03. The number of hydrogen-bond acceptors (Lipinski definition) is 4. The van der Waals surface area contributed by atoms with Crippen LogP contribution in [0.2, 0.25) is 0 Å². The molecule has 0 saturated carbocycles. The Bertz CT molecular complexity index is 709. The molecule has 4 heteroatoms. The van der Waals surface area contributed by atoms with E-state index in [-0.39, 0.29) is 0 Å². The van der Waals surface area contributed by atoms with Gasteiger partial charge in [-0.1, -0.05) is 12.1 Å². The Kier molecular flexibility index (Phi) is 3.06. The van der Waals surface area contributed by atoms with E-state index in [1.54, 1.807) is 12.4 Å². The summed E-state index contributed by atoms with van der Waals surface area (Å²) in [6.07, 6.45) is 3.57. The van der Waals surface area contributed by atoms with Crippen molar-refractivity contribution in [1.82, 2.24) is 15.0 Å². The third-order valence-electron chi connectivity index (χ3n) is 2.89. The Morgan fingerprint density at radius 3 is 2.89 bits per heavy atom. The predicted molar refractivity (Wildman–Crippen MR) is 76.9 cm³/mol. The molecule has 1 aromatic carbocycles. The lowest BCUT2D eigenvalue weighted by Gasteiger charge is -2.05. The molecule has 2 heterocycles. The van der Waals surface area contributed by atoms with Gasteiger partial charge in [0.05, 0.1) is 11.2 Å². The fourth-order valence-electron chi connectivity index (χ4n) is 2.00. The summed E-state index contributed by atoms with van der Waals surface area (Å²) in [4.78, 5) is 13.0. The lowest BCUT2D eigenvalue weighted by Crippen LogP contribution is -2.02. The molecule has 94 valence electrons. The van der Waals surface area contributed by atoms with Gasteiger partial charge in [-0.25, -0.2) is 9.97 Å². The second-order valence-electron chi connectivity index (χ2n) is 4.21. The van der Waals surface area contributed by atoms with Gasteiger partial charge < -0.3 is 5.32 Å². The maximum absolute atomic E-state index is 4.50. The van der Waals surface area contributed by atoms with Crippen LogP contribution in [0.25, 0.3) is 22.2 Å². The molecule has 0 unspecified atom stereocenters. The normalized spacial score (nSPS) is 10.6. The highest BCUT2D eigenvalue weighted by molar-refractivity contribution is 5.83. The number of aromatic nitrogens is 3. The van der Waals surface area contributed by atoms with Crippen molar-refractivity contribution in [3.63, 3.8) is 0 Å². The molecule has 0 bridgehead atoms. The van der Waals surface area contributed by atoms with Crippen LogP contribution in [0.5, 0.6) is 0 Å². The van der Waals surface area contributed by atoms with Gasteiger partial charge >= 0.3 is 0 Å². The topological polar surface area (TPSA) is 50.7 Å². The Morgan fingerprint density at radius 2 is 2.00 bits per heavy atom. The van der Waals surface area contributed by atoms with Gasteiger partial charge in [0.25, 0.3) is 0 Å². The van der Waals surface area contributed by atoms with E-state index in [1.165, 1.54) is 0 Å². The third kappa shape index (κ3) is 2.38. The molecule has 0 fully saturated rings. The van der Waals surface area contributed by atoms with Gasteiger partial charge in [0.2, 0.25) is 5.95 Å². The lowest BCUT2D eigenvalue weighted by atomic mass is 10.1. The second kappa shape index (κ2) is 5.02. The Morgan fingerprint density at radius 1 is 1.05 bits per heavy atom. The van der Waals surface area contributed by atoms with E-state index in [2.05, 4.69) is 32.4 Å². The first kappa shape index (κ1) is 11.6. The minimum Gasteiger partial charge on any atom is -0.354 e. The fraction of sp³-hybridized carbons (Fsp3) is 0.133. The van der Waals surface area contributed by atoms with Gasteiger partial charge in [0.1, 0.15) is 0 Å². The zero-order chi connectivity index (χ0) is 13.1. The first-order valence-electron chi connectivity index (χ1n) is 6.29. The van der Waals surface area contributed by atoms with E-state index in [0.29, 0.717) is 5.95 Å². The Balaban J connectivity index is 2.05. The minimum atomic E-state index is 0.659. The van der Waals surface area contributed by atoms with Crippen LogP contribution in [0.15, 0.2) is 48.8 Å². The first-order valence-corrected chi connectivity index (χ1v) is 6.29. The van der Waals surface area contributed by atoms with Crippen LogP contribution in [0.4, 0.5) is 5.95 Å². The van der Waals surface area contributed by atoms with E-state index in [1.807, 2.05) is 31.2 Å². The van der Waals surface area contributed by atoms with Crippen molar-refractivity contribution in [2.45, 2.75) is 6.92 Å². The molecule has 1 N–H and O–H groups in total. The van der Waals surface area contributed by atoms with Gasteiger partial charge in [-0.2, -0.15) is 0 Å². The summed E-state index contributed by atoms with van der Waals surface area (Å²) < 4.78 is 0. The van der Waals surface area contributed by atoms with Gasteiger partial charge in [-0.05, 0) is 31.2 Å². The van der Waals surface area contributed by atoms with Gasteiger partial charge in [0.15, 0.2) is 0 Å². The van der Waals surface area contributed by atoms with Crippen LogP contribution >= 0.6 is 0 Å². The van der Waals surface area contributed by atoms with Gasteiger partial charge in [0, 0.05) is 29.9 Å². The summed E-state index contributed by atoms with van der Waals surface area (Å²) in [5.41, 5.74) is 2.98. The molecule has 0 aliphatic heterocycles. The van der Waals surface area contributed by atoms with E-state index < -0.39 is 0 Å². The molecule has 0 radical (unpaired) electrons. The SMILES string of the molecule is CCNc1nccc(-c2ccc3ncccc3c2)n1. The molecular formula is C15H14N4. The minimum absolute atomic E-state index is 0.659. The quantitative estimate of drug-likeness (QED) is 0.776. The van der Waals surface area contributed by atoms with Crippen LogP contribution in [0.1, 0.15) is 6.92 Å². The van der Waals surface area contributed by atoms with E-state index in [0.717, 1.165) is 28.7 Å². The molecule has 3 aromatic rings. The molecule has 4 nitrogen and oxygen atoms in total. The van der Waals surface area contributed by atoms with Crippen LogP contribution in [-0.2, 0) is 0 Å². The third-order valence-corrected chi connectivity index (χ3v) is 2.89. The molecule has 0 saturated heterocycles. The standard InChI is InChI=1S/C15H14N4/c1-2-16-15-18-9-7-14(19-15)12-5-6-13-11(10-12)4-3-8-17-13/h3-10H,2H2,1H3,(H,16,18,19). The van der Waals surface area contributed by atoms with Crippen molar-refractivity contribution in [1.29, 1.82) is 0 Å². The molecule has 2 aromatic heterocycles. The highest BCUT2D eigenvalue weighted by atomic mass is 15.1. The number of anilines is 1. The summed E-state index contributed by atoms with van der Waals surface area (Å²) in [6.45, 7) is 2.84. The van der Waals surface area contributed by atoms with E-state index in [9.17, 15) is 0 Å². The number of hydrogen-bond donors (Lipinski definition) is 1. The average molecular weight is 250 g/mol. The number of fused-ring (bicyclic) bond motifs is 1. The smallest absolute Gasteiger partial charge is 0.223 e. The maximum atomic E-state index is 4.50. The van der Waals surface area contributed by atoms with Crippen LogP contribution < -0.4 is 5.32 Å². The van der Waals surface area contributed by atoms with Crippen molar-refractivity contribution in [2.24, 2.45) is 0 Å².